The van der Waals surface area contributed by atoms with E-state index in [1.54, 1.807) is 17.8 Å². The van der Waals surface area contributed by atoms with Gasteiger partial charge in [0.25, 0.3) is 0 Å². The standard InChI is InChI=1S/C13H14N2O/c1-14-9-11-8-12(15(2)13(11)16)10-6-4-3-5-7-10/h3-9,16H,1-2H3. The van der Waals surface area contributed by atoms with Crippen LogP contribution in [0.15, 0.2) is 41.4 Å². The van der Waals surface area contributed by atoms with Crippen molar-refractivity contribution in [2.24, 2.45) is 12.0 Å². The molecule has 0 aliphatic heterocycles. The molecule has 0 atom stereocenters. The van der Waals surface area contributed by atoms with Gasteiger partial charge in [-0.2, -0.15) is 0 Å². The number of aliphatic imine (C=N–C) groups is 1. The fourth-order valence-electron chi connectivity index (χ4n) is 1.74. The van der Waals surface area contributed by atoms with Crippen LogP contribution in [0.25, 0.3) is 11.3 Å². The average Bonchev–Trinajstić information content (AvgIpc) is 2.59. The predicted molar refractivity (Wildman–Crippen MR) is 66.0 cm³/mol. The molecular formula is C13H14N2O. The summed E-state index contributed by atoms with van der Waals surface area (Å²) in [4.78, 5) is 3.92. The molecule has 0 aliphatic carbocycles. The van der Waals surface area contributed by atoms with E-state index in [4.69, 9.17) is 0 Å². The normalized spacial score (nSPS) is 11.1. The van der Waals surface area contributed by atoms with E-state index in [9.17, 15) is 5.11 Å². The Balaban J connectivity index is 2.55. The van der Waals surface area contributed by atoms with Crippen LogP contribution in [0.2, 0.25) is 0 Å². The fraction of sp³-hybridized carbons (Fsp3) is 0.154. The van der Waals surface area contributed by atoms with Crippen molar-refractivity contribution in [2.75, 3.05) is 7.05 Å². The molecule has 1 N–H and O–H groups in total. The van der Waals surface area contributed by atoms with Crippen molar-refractivity contribution in [3.05, 3.63) is 42.0 Å². The maximum absolute atomic E-state index is 9.88. The summed E-state index contributed by atoms with van der Waals surface area (Å²) in [5.41, 5.74) is 2.80. The third kappa shape index (κ3) is 1.72. The zero-order valence-electron chi connectivity index (χ0n) is 9.38. The van der Waals surface area contributed by atoms with E-state index >= 15 is 0 Å². The quantitative estimate of drug-likeness (QED) is 0.766. The van der Waals surface area contributed by atoms with Gasteiger partial charge in [0, 0.05) is 20.3 Å². The minimum absolute atomic E-state index is 0.240. The summed E-state index contributed by atoms with van der Waals surface area (Å²) >= 11 is 0. The maximum Gasteiger partial charge on any atom is 0.200 e. The van der Waals surface area contributed by atoms with Crippen molar-refractivity contribution in [1.29, 1.82) is 0 Å². The van der Waals surface area contributed by atoms with Crippen molar-refractivity contribution in [1.82, 2.24) is 4.57 Å². The summed E-state index contributed by atoms with van der Waals surface area (Å²) in [6.45, 7) is 0. The fourth-order valence-corrected chi connectivity index (χ4v) is 1.74. The lowest BCUT2D eigenvalue weighted by Crippen LogP contribution is -1.90. The number of aromatic nitrogens is 1. The molecule has 1 aromatic carbocycles. The lowest BCUT2D eigenvalue weighted by Gasteiger charge is -2.03. The molecule has 0 unspecified atom stereocenters. The van der Waals surface area contributed by atoms with Crippen LogP contribution in [0.1, 0.15) is 5.56 Å². The molecule has 16 heavy (non-hydrogen) atoms. The van der Waals surface area contributed by atoms with E-state index < -0.39 is 0 Å². The zero-order valence-corrected chi connectivity index (χ0v) is 9.38. The molecule has 1 heterocycles. The smallest absolute Gasteiger partial charge is 0.200 e. The van der Waals surface area contributed by atoms with Crippen LogP contribution in [0, 0.1) is 0 Å². The summed E-state index contributed by atoms with van der Waals surface area (Å²) in [5.74, 6) is 0.240. The Morgan fingerprint density at radius 3 is 2.56 bits per heavy atom. The van der Waals surface area contributed by atoms with E-state index in [2.05, 4.69) is 4.99 Å². The number of benzene rings is 1. The van der Waals surface area contributed by atoms with Gasteiger partial charge in [0.15, 0.2) is 5.88 Å². The van der Waals surface area contributed by atoms with Gasteiger partial charge in [-0.25, -0.2) is 0 Å². The summed E-state index contributed by atoms with van der Waals surface area (Å²) < 4.78 is 1.76. The molecule has 0 spiro atoms. The van der Waals surface area contributed by atoms with Crippen LogP contribution in [0.4, 0.5) is 0 Å². The molecule has 0 saturated carbocycles. The predicted octanol–water partition coefficient (Wildman–Crippen LogP) is 2.45. The highest BCUT2D eigenvalue weighted by atomic mass is 16.3. The van der Waals surface area contributed by atoms with E-state index in [1.807, 2.05) is 43.4 Å². The molecule has 3 heteroatoms. The third-order valence-corrected chi connectivity index (χ3v) is 2.57. The van der Waals surface area contributed by atoms with Gasteiger partial charge in [0.1, 0.15) is 0 Å². The van der Waals surface area contributed by atoms with E-state index in [0.717, 1.165) is 16.8 Å². The lowest BCUT2D eigenvalue weighted by molar-refractivity contribution is 0.432. The van der Waals surface area contributed by atoms with E-state index in [1.165, 1.54) is 0 Å². The van der Waals surface area contributed by atoms with Crippen LogP contribution in [-0.2, 0) is 7.05 Å². The second kappa shape index (κ2) is 4.23. The molecule has 0 amide bonds. The van der Waals surface area contributed by atoms with Crippen LogP contribution in [0.3, 0.4) is 0 Å². The Bertz CT molecular complexity index is 512. The van der Waals surface area contributed by atoms with Crippen LogP contribution in [0.5, 0.6) is 5.88 Å². The lowest BCUT2D eigenvalue weighted by atomic mass is 10.1. The molecule has 0 fully saturated rings. The highest BCUT2D eigenvalue weighted by Crippen LogP contribution is 2.27. The first-order chi connectivity index (χ1) is 7.74. The van der Waals surface area contributed by atoms with Crippen molar-refractivity contribution in [2.45, 2.75) is 0 Å². The van der Waals surface area contributed by atoms with Gasteiger partial charge in [-0.3, -0.25) is 4.99 Å². The minimum atomic E-state index is 0.240. The minimum Gasteiger partial charge on any atom is -0.494 e. The Kier molecular flexibility index (Phi) is 2.77. The van der Waals surface area contributed by atoms with Crippen LogP contribution in [-0.4, -0.2) is 22.9 Å². The highest BCUT2D eigenvalue weighted by Gasteiger charge is 2.10. The molecule has 2 aromatic rings. The summed E-state index contributed by atoms with van der Waals surface area (Å²) in [6, 6.07) is 11.9. The first-order valence-corrected chi connectivity index (χ1v) is 5.10. The van der Waals surface area contributed by atoms with Crippen LogP contribution < -0.4 is 0 Å². The molecule has 82 valence electrons. The Morgan fingerprint density at radius 2 is 1.94 bits per heavy atom. The molecule has 0 saturated heterocycles. The highest BCUT2D eigenvalue weighted by molar-refractivity contribution is 5.86. The van der Waals surface area contributed by atoms with Gasteiger partial charge in [0.2, 0.25) is 0 Å². The number of nitrogens with zero attached hydrogens (tertiary/aromatic N) is 2. The second-order valence-corrected chi connectivity index (χ2v) is 3.62. The van der Waals surface area contributed by atoms with Crippen molar-refractivity contribution in [3.8, 4) is 17.1 Å². The summed E-state index contributed by atoms with van der Waals surface area (Å²) in [5, 5.41) is 9.88. The van der Waals surface area contributed by atoms with E-state index in [-0.39, 0.29) is 5.88 Å². The number of aromatic hydroxyl groups is 1. The molecule has 0 bridgehead atoms. The monoisotopic (exact) mass is 214 g/mol. The van der Waals surface area contributed by atoms with Crippen molar-refractivity contribution >= 4 is 6.21 Å². The first-order valence-electron chi connectivity index (χ1n) is 5.10. The van der Waals surface area contributed by atoms with Gasteiger partial charge < -0.3 is 9.67 Å². The molecule has 3 nitrogen and oxygen atoms in total. The average molecular weight is 214 g/mol. The van der Waals surface area contributed by atoms with Gasteiger partial charge in [-0.1, -0.05) is 30.3 Å². The van der Waals surface area contributed by atoms with Crippen LogP contribution >= 0.6 is 0 Å². The van der Waals surface area contributed by atoms with Crippen molar-refractivity contribution in [3.63, 3.8) is 0 Å². The maximum atomic E-state index is 9.88. The SMILES string of the molecule is CN=Cc1cc(-c2ccccc2)n(C)c1O. The molecule has 1 aromatic heterocycles. The molecular weight excluding hydrogens is 200 g/mol. The molecule has 0 radical (unpaired) electrons. The topological polar surface area (TPSA) is 37.5 Å². The van der Waals surface area contributed by atoms with Crippen molar-refractivity contribution < 1.29 is 5.11 Å². The summed E-state index contributed by atoms with van der Waals surface area (Å²) in [6.07, 6.45) is 1.65. The molecule has 2 rings (SSSR count). The number of hydrogen-bond acceptors (Lipinski definition) is 2. The van der Waals surface area contributed by atoms with E-state index in [0.29, 0.717) is 0 Å². The third-order valence-electron chi connectivity index (χ3n) is 2.57. The molecule has 0 aliphatic rings. The largest absolute Gasteiger partial charge is 0.494 e. The van der Waals surface area contributed by atoms with Gasteiger partial charge >= 0.3 is 0 Å². The van der Waals surface area contributed by atoms with Gasteiger partial charge in [-0.05, 0) is 11.6 Å². The zero-order chi connectivity index (χ0) is 11.5. The first kappa shape index (κ1) is 10.5. The van der Waals surface area contributed by atoms with Gasteiger partial charge in [-0.15, -0.1) is 0 Å². The number of rotatable bonds is 2. The second-order valence-electron chi connectivity index (χ2n) is 3.62. The number of hydrogen-bond donors (Lipinski definition) is 1. The van der Waals surface area contributed by atoms with Gasteiger partial charge in [0.05, 0.1) is 11.3 Å². The Hall–Kier alpha value is -2.03. The Labute approximate surface area is 94.7 Å². The summed E-state index contributed by atoms with van der Waals surface area (Å²) in [7, 11) is 3.53. The Morgan fingerprint density at radius 1 is 1.25 bits per heavy atom.